The predicted octanol–water partition coefficient (Wildman–Crippen LogP) is 3.03. The van der Waals surface area contributed by atoms with Crippen LogP contribution in [0.5, 0.6) is 0 Å². The molecule has 1 unspecified atom stereocenters. The molecule has 1 saturated heterocycles. The SMILES string of the molecule is N#CN1CC2CC[C@]2(NC(=O)c2cc(-c3ccncc3Nc3ccc(F)cc3)n[nH]2)C1. The Morgan fingerprint density at radius 1 is 1.32 bits per heavy atom. The van der Waals surface area contributed by atoms with Crippen molar-refractivity contribution in [1.29, 1.82) is 5.26 Å². The van der Waals surface area contributed by atoms with Gasteiger partial charge in [-0.15, -0.1) is 0 Å². The standard InChI is InChI=1S/C22H20FN7O/c23-15-1-3-16(4-2-15)26-20-10-25-8-6-17(20)18-9-19(29-28-18)21(31)27-22-7-5-14(22)11-30(12-22)13-24/h1-4,6,8-10,14,26H,5,7,11-12H2,(H,27,31)(H,28,29)/t14?,22-/m0/s1. The van der Waals surface area contributed by atoms with Crippen LogP contribution in [0.4, 0.5) is 15.8 Å². The highest BCUT2D eigenvalue weighted by molar-refractivity contribution is 5.94. The fraction of sp³-hybridized carbons (Fsp3) is 0.273. The number of nitrogens with zero attached hydrogens (tertiary/aromatic N) is 4. The normalized spacial score (nSPS) is 21.7. The first kappa shape index (κ1) is 19.1. The third kappa shape index (κ3) is 3.46. The van der Waals surface area contributed by atoms with Crippen molar-refractivity contribution in [2.75, 3.05) is 18.4 Å². The van der Waals surface area contributed by atoms with Gasteiger partial charge in [0.15, 0.2) is 6.19 Å². The van der Waals surface area contributed by atoms with Gasteiger partial charge in [0.2, 0.25) is 0 Å². The summed E-state index contributed by atoms with van der Waals surface area (Å²) in [5.74, 6) is -0.233. The lowest BCUT2D eigenvalue weighted by Crippen LogP contribution is -2.60. The molecule has 3 N–H and O–H groups in total. The molecule has 0 bridgehead atoms. The number of rotatable bonds is 5. The first-order valence-electron chi connectivity index (χ1n) is 10.1. The van der Waals surface area contributed by atoms with E-state index in [1.807, 2.05) is 0 Å². The summed E-state index contributed by atoms with van der Waals surface area (Å²) in [6.07, 6.45) is 7.37. The Kier molecular flexibility index (Phi) is 4.55. The average Bonchev–Trinajstić information content (AvgIpc) is 3.35. The van der Waals surface area contributed by atoms with Crippen LogP contribution in [0.1, 0.15) is 23.3 Å². The second kappa shape index (κ2) is 7.40. The number of nitrogens with one attached hydrogen (secondary N) is 3. The minimum absolute atomic E-state index is 0.231. The maximum Gasteiger partial charge on any atom is 0.269 e. The van der Waals surface area contributed by atoms with Gasteiger partial charge in [-0.2, -0.15) is 10.4 Å². The molecule has 1 aliphatic carbocycles. The molecule has 2 fully saturated rings. The number of pyridine rings is 1. The minimum atomic E-state index is -0.329. The molecule has 1 aromatic carbocycles. The lowest BCUT2D eigenvalue weighted by molar-refractivity contribution is 0.0757. The summed E-state index contributed by atoms with van der Waals surface area (Å²) >= 11 is 0. The first-order valence-corrected chi connectivity index (χ1v) is 10.1. The Hall–Kier alpha value is -3.93. The van der Waals surface area contributed by atoms with E-state index >= 15 is 0 Å². The fourth-order valence-electron chi connectivity index (χ4n) is 4.40. The third-order valence-corrected chi connectivity index (χ3v) is 6.18. The van der Waals surface area contributed by atoms with Crippen molar-refractivity contribution < 1.29 is 9.18 Å². The van der Waals surface area contributed by atoms with E-state index in [0.717, 1.165) is 18.4 Å². The van der Waals surface area contributed by atoms with Crippen LogP contribution in [0.3, 0.4) is 0 Å². The van der Waals surface area contributed by atoms with E-state index in [2.05, 4.69) is 32.0 Å². The maximum absolute atomic E-state index is 13.2. The second-order valence-corrected chi connectivity index (χ2v) is 8.05. The molecule has 0 radical (unpaired) electrons. The Balaban J connectivity index is 1.35. The number of anilines is 2. The summed E-state index contributed by atoms with van der Waals surface area (Å²) in [5.41, 5.74) is 2.77. The molecule has 9 heteroatoms. The lowest BCUT2D eigenvalue weighted by atomic mass is 9.69. The molecule has 31 heavy (non-hydrogen) atoms. The Morgan fingerprint density at radius 3 is 2.90 bits per heavy atom. The smallest absolute Gasteiger partial charge is 0.269 e. The number of aromatic amines is 1. The molecule has 3 aromatic rings. The van der Waals surface area contributed by atoms with Crippen molar-refractivity contribution in [1.82, 2.24) is 25.4 Å². The van der Waals surface area contributed by atoms with E-state index in [-0.39, 0.29) is 17.3 Å². The van der Waals surface area contributed by atoms with Crippen molar-refractivity contribution >= 4 is 17.3 Å². The van der Waals surface area contributed by atoms with Crippen LogP contribution in [-0.4, -0.2) is 44.6 Å². The Labute approximate surface area is 178 Å². The lowest BCUT2D eigenvalue weighted by Gasteiger charge is -2.44. The maximum atomic E-state index is 13.2. The van der Waals surface area contributed by atoms with E-state index in [0.29, 0.717) is 41.8 Å². The zero-order valence-corrected chi connectivity index (χ0v) is 16.6. The number of nitriles is 1. The molecule has 1 amide bonds. The van der Waals surface area contributed by atoms with Gasteiger partial charge in [-0.1, -0.05) is 0 Å². The molecule has 0 spiro atoms. The number of H-pyrrole nitrogens is 1. The van der Waals surface area contributed by atoms with Crippen LogP contribution in [0.2, 0.25) is 0 Å². The van der Waals surface area contributed by atoms with Crippen molar-refractivity contribution in [3.63, 3.8) is 0 Å². The molecular weight excluding hydrogens is 397 g/mol. The highest BCUT2D eigenvalue weighted by Crippen LogP contribution is 2.44. The summed E-state index contributed by atoms with van der Waals surface area (Å²) in [7, 11) is 0. The number of hydrogen-bond acceptors (Lipinski definition) is 6. The molecule has 2 aliphatic rings. The van der Waals surface area contributed by atoms with Crippen molar-refractivity contribution in [2.24, 2.45) is 5.92 Å². The second-order valence-electron chi connectivity index (χ2n) is 8.05. The van der Waals surface area contributed by atoms with Gasteiger partial charge in [-0.3, -0.25) is 14.9 Å². The summed E-state index contributed by atoms with van der Waals surface area (Å²) in [6, 6.07) is 9.51. The van der Waals surface area contributed by atoms with E-state index < -0.39 is 0 Å². The fourth-order valence-corrected chi connectivity index (χ4v) is 4.40. The molecule has 1 aliphatic heterocycles. The van der Waals surface area contributed by atoms with Gasteiger partial charge in [0.1, 0.15) is 11.5 Å². The van der Waals surface area contributed by atoms with Crippen molar-refractivity contribution in [3.8, 4) is 17.5 Å². The van der Waals surface area contributed by atoms with E-state index in [1.165, 1.54) is 12.1 Å². The molecule has 1 saturated carbocycles. The zero-order chi connectivity index (χ0) is 21.4. The van der Waals surface area contributed by atoms with Gasteiger partial charge in [0.25, 0.3) is 5.91 Å². The van der Waals surface area contributed by atoms with Crippen molar-refractivity contribution in [2.45, 2.75) is 18.4 Å². The number of likely N-dealkylation sites (tertiary alicyclic amines) is 1. The van der Waals surface area contributed by atoms with Gasteiger partial charge in [-0.25, -0.2) is 4.39 Å². The minimum Gasteiger partial charge on any atom is -0.354 e. The van der Waals surface area contributed by atoms with E-state index in [1.54, 1.807) is 41.6 Å². The van der Waals surface area contributed by atoms with Crippen LogP contribution < -0.4 is 10.6 Å². The highest BCUT2D eigenvalue weighted by Gasteiger charge is 2.54. The van der Waals surface area contributed by atoms with Gasteiger partial charge >= 0.3 is 0 Å². The van der Waals surface area contributed by atoms with Crippen LogP contribution >= 0.6 is 0 Å². The molecule has 156 valence electrons. The van der Waals surface area contributed by atoms with Gasteiger partial charge in [0.05, 0.1) is 29.7 Å². The van der Waals surface area contributed by atoms with Crippen LogP contribution in [0.15, 0.2) is 48.8 Å². The average molecular weight is 417 g/mol. The molecule has 5 rings (SSSR count). The summed E-state index contributed by atoms with van der Waals surface area (Å²) < 4.78 is 13.2. The topological polar surface area (TPSA) is 110 Å². The Bertz CT molecular complexity index is 1170. The largest absolute Gasteiger partial charge is 0.354 e. The zero-order valence-electron chi connectivity index (χ0n) is 16.6. The molecular formula is C22H20FN7O. The first-order chi connectivity index (χ1) is 15.1. The van der Waals surface area contributed by atoms with Gasteiger partial charge in [-0.05, 0) is 49.2 Å². The Morgan fingerprint density at radius 2 is 2.16 bits per heavy atom. The molecule has 2 atom stereocenters. The number of fused-ring (bicyclic) bond motifs is 1. The molecule has 2 aromatic heterocycles. The van der Waals surface area contributed by atoms with Crippen LogP contribution in [-0.2, 0) is 0 Å². The number of halogens is 1. The number of carbonyl (C=O) groups is 1. The van der Waals surface area contributed by atoms with E-state index in [4.69, 9.17) is 0 Å². The quantitative estimate of drug-likeness (QED) is 0.551. The molecule has 3 heterocycles. The number of aromatic nitrogens is 3. The van der Waals surface area contributed by atoms with Gasteiger partial charge in [0, 0.05) is 29.9 Å². The van der Waals surface area contributed by atoms with E-state index in [9.17, 15) is 14.4 Å². The summed E-state index contributed by atoms with van der Waals surface area (Å²) in [5, 5.41) is 22.7. The summed E-state index contributed by atoms with van der Waals surface area (Å²) in [4.78, 5) is 18.7. The number of amides is 1. The van der Waals surface area contributed by atoms with Gasteiger partial charge < -0.3 is 15.5 Å². The number of hydrogen-bond donors (Lipinski definition) is 3. The van der Waals surface area contributed by atoms with Crippen LogP contribution in [0.25, 0.3) is 11.3 Å². The summed E-state index contributed by atoms with van der Waals surface area (Å²) in [6.45, 7) is 1.25. The highest BCUT2D eigenvalue weighted by atomic mass is 19.1. The molecule has 8 nitrogen and oxygen atoms in total. The van der Waals surface area contributed by atoms with Crippen molar-refractivity contribution in [3.05, 3.63) is 60.3 Å². The third-order valence-electron chi connectivity index (χ3n) is 6.18. The monoisotopic (exact) mass is 417 g/mol. The van der Waals surface area contributed by atoms with Crippen LogP contribution in [0, 0.1) is 23.2 Å². The predicted molar refractivity (Wildman–Crippen MR) is 112 cm³/mol. The number of benzene rings is 1. The number of carbonyl (C=O) groups excluding carboxylic acids is 1.